The van der Waals surface area contributed by atoms with Crippen molar-refractivity contribution in [1.29, 1.82) is 0 Å². The fraction of sp³-hybridized carbons (Fsp3) is 0.321. The number of benzene rings is 3. The van der Waals surface area contributed by atoms with Gasteiger partial charge in [0.15, 0.2) is 0 Å². The van der Waals surface area contributed by atoms with E-state index >= 15 is 0 Å². The van der Waals surface area contributed by atoms with Crippen LogP contribution < -0.4 is 24.8 Å². The minimum atomic E-state index is -0.124. The molecule has 0 aliphatic carbocycles. The van der Waals surface area contributed by atoms with Crippen molar-refractivity contribution in [3.63, 3.8) is 0 Å². The van der Waals surface area contributed by atoms with E-state index in [-0.39, 0.29) is 12.5 Å². The summed E-state index contributed by atoms with van der Waals surface area (Å²) in [5, 5.41) is 6.01. The lowest BCUT2D eigenvalue weighted by Gasteiger charge is -2.11. The average Bonchev–Trinajstić information content (AvgIpc) is 2.87. The third-order valence-electron chi connectivity index (χ3n) is 5.08. The first-order chi connectivity index (χ1) is 16.7. The van der Waals surface area contributed by atoms with Gasteiger partial charge in [-0.25, -0.2) is 0 Å². The molecule has 0 heterocycles. The van der Waals surface area contributed by atoms with E-state index in [1.54, 1.807) is 0 Å². The van der Waals surface area contributed by atoms with E-state index in [0.717, 1.165) is 36.0 Å². The van der Waals surface area contributed by atoms with Crippen molar-refractivity contribution in [1.82, 2.24) is 0 Å². The van der Waals surface area contributed by atoms with Crippen LogP contribution in [0.2, 0.25) is 0 Å². The maximum Gasteiger partial charge on any atom is 0.243 e. The van der Waals surface area contributed by atoms with E-state index in [1.807, 2.05) is 78.9 Å². The molecule has 0 aromatic heterocycles. The molecule has 0 atom stereocenters. The van der Waals surface area contributed by atoms with Gasteiger partial charge in [0.25, 0.3) is 0 Å². The van der Waals surface area contributed by atoms with Gasteiger partial charge in [0.1, 0.15) is 30.5 Å². The third-order valence-corrected chi connectivity index (χ3v) is 5.08. The minimum Gasteiger partial charge on any atom is -0.494 e. The third kappa shape index (κ3) is 9.45. The highest BCUT2D eigenvalue weighted by Crippen LogP contribution is 2.18. The number of carbonyl (C=O) groups is 1. The zero-order valence-corrected chi connectivity index (χ0v) is 19.8. The number of ether oxygens (including phenoxy) is 3. The first-order valence-electron chi connectivity index (χ1n) is 11.9. The molecule has 3 rings (SSSR count). The SMILES string of the molecule is CCCCCCOc1ccc(NCC(=O)Nc2ccc(OCCOc3ccccc3)cc2)cc1. The van der Waals surface area contributed by atoms with Crippen molar-refractivity contribution in [2.24, 2.45) is 0 Å². The summed E-state index contributed by atoms with van der Waals surface area (Å²) in [7, 11) is 0. The number of hydrogen-bond donors (Lipinski definition) is 2. The summed E-state index contributed by atoms with van der Waals surface area (Å²) < 4.78 is 17.0. The molecule has 1 amide bonds. The Balaban J connectivity index is 1.31. The number of rotatable bonds is 15. The van der Waals surface area contributed by atoms with Crippen LogP contribution in [0.3, 0.4) is 0 Å². The molecule has 0 unspecified atom stereocenters. The smallest absolute Gasteiger partial charge is 0.243 e. The van der Waals surface area contributed by atoms with E-state index in [1.165, 1.54) is 19.3 Å². The molecule has 180 valence electrons. The summed E-state index contributed by atoms with van der Waals surface area (Å²) in [4.78, 5) is 12.3. The van der Waals surface area contributed by atoms with Gasteiger partial charge in [0.2, 0.25) is 5.91 Å². The number of amides is 1. The number of para-hydroxylation sites is 1. The first kappa shape index (κ1) is 25.0. The Morgan fingerprint density at radius 3 is 1.82 bits per heavy atom. The molecule has 34 heavy (non-hydrogen) atoms. The summed E-state index contributed by atoms with van der Waals surface area (Å²) in [5.74, 6) is 2.27. The second kappa shape index (κ2) is 14.5. The molecule has 0 fully saturated rings. The fourth-order valence-electron chi connectivity index (χ4n) is 3.25. The quantitative estimate of drug-likeness (QED) is 0.265. The number of anilines is 2. The summed E-state index contributed by atoms with van der Waals surface area (Å²) in [6.07, 6.45) is 4.74. The molecule has 3 aromatic carbocycles. The molecule has 0 bridgehead atoms. The van der Waals surface area contributed by atoms with E-state index in [2.05, 4.69) is 17.6 Å². The lowest BCUT2D eigenvalue weighted by Crippen LogP contribution is -2.21. The molecule has 0 spiro atoms. The zero-order chi connectivity index (χ0) is 23.8. The number of nitrogens with one attached hydrogen (secondary N) is 2. The summed E-state index contributed by atoms with van der Waals surface area (Å²) >= 11 is 0. The largest absolute Gasteiger partial charge is 0.494 e. The molecule has 6 nitrogen and oxygen atoms in total. The Morgan fingerprint density at radius 1 is 0.647 bits per heavy atom. The predicted octanol–water partition coefficient (Wildman–Crippen LogP) is 6.15. The van der Waals surface area contributed by atoms with Crippen molar-refractivity contribution in [3.05, 3.63) is 78.9 Å². The molecule has 0 aliphatic rings. The van der Waals surface area contributed by atoms with E-state index < -0.39 is 0 Å². The molecule has 0 aliphatic heterocycles. The highest BCUT2D eigenvalue weighted by Gasteiger charge is 2.04. The lowest BCUT2D eigenvalue weighted by molar-refractivity contribution is -0.114. The lowest BCUT2D eigenvalue weighted by atomic mass is 10.2. The van der Waals surface area contributed by atoms with Crippen LogP contribution in [0, 0.1) is 0 Å². The van der Waals surface area contributed by atoms with Crippen LogP contribution in [0.5, 0.6) is 17.2 Å². The second-order valence-electron chi connectivity index (χ2n) is 7.87. The van der Waals surface area contributed by atoms with E-state index in [0.29, 0.717) is 18.9 Å². The summed E-state index contributed by atoms with van der Waals surface area (Å²) in [6, 6.07) is 24.6. The highest BCUT2D eigenvalue weighted by molar-refractivity contribution is 5.93. The van der Waals surface area contributed by atoms with Crippen molar-refractivity contribution < 1.29 is 19.0 Å². The van der Waals surface area contributed by atoms with Crippen LogP contribution in [0.25, 0.3) is 0 Å². The highest BCUT2D eigenvalue weighted by atomic mass is 16.5. The van der Waals surface area contributed by atoms with Crippen LogP contribution in [-0.4, -0.2) is 32.3 Å². The average molecular weight is 463 g/mol. The monoisotopic (exact) mass is 462 g/mol. The standard InChI is InChI=1S/C28H34N2O4/c1-2-3-4-8-19-32-26-15-11-23(12-16-26)29-22-28(31)30-24-13-17-27(18-14-24)34-21-20-33-25-9-6-5-7-10-25/h5-7,9-18,29H,2-4,8,19-22H2,1H3,(H,30,31). The van der Waals surface area contributed by atoms with Gasteiger partial charge >= 0.3 is 0 Å². The van der Waals surface area contributed by atoms with Crippen molar-refractivity contribution >= 4 is 17.3 Å². The topological polar surface area (TPSA) is 68.8 Å². The predicted molar refractivity (Wildman–Crippen MR) is 137 cm³/mol. The molecule has 2 N–H and O–H groups in total. The Hall–Kier alpha value is -3.67. The summed E-state index contributed by atoms with van der Waals surface area (Å²) in [6.45, 7) is 4.00. The number of carbonyl (C=O) groups excluding carboxylic acids is 1. The Kier molecular flexibility index (Phi) is 10.6. The maximum atomic E-state index is 12.3. The van der Waals surface area contributed by atoms with Crippen LogP contribution in [0.4, 0.5) is 11.4 Å². The van der Waals surface area contributed by atoms with Crippen LogP contribution in [-0.2, 0) is 4.79 Å². The Labute approximate surface area is 202 Å². The molecule has 0 saturated carbocycles. The van der Waals surface area contributed by atoms with Gasteiger partial charge in [-0.1, -0.05) is 44.4 Å². The summed E-state index contributed by atoms with van der Waals surface area (Å²) in [5.41, 5.74) is 1.58. The van der Waals surface area contributed by atoms with Crippen molar-refractivity contribution in [2.75, 3.05) is 37.0 Å². The van der Waals surface area contributed by atoms with Crippen LogP contribution in [0.15, 0.2) is 78.9 Å². The zero-order valence-electron chi connectivity index (χ0n) is 19.8. The van der Waals surface area contributed by atoms with Gasteiger partial charge in [-0.05, 0) is 67.1 Å². The molecule has 6 heteroatoms. The normalized spacial score (nSPS) is 10.4. The van der Waals surface area contributed by atoms with Crippen LogP contribution >= 0.6 is 0 Å². The fourth-order valence-corrected chi connectivity index (χ4v) is 3.25. The maximum absolute atomic E-state index is 12.3. The van der Waals surface area contributed by atoms with Crippen molar-refractivity contribution in [3.8, 4) is 17.2 Å². The Bertz CT molecular complexity index is 960. The molecule has 0 saturated heterocycles. The molecular weight excluding hydrogens is 428 g/mol. The van der Waals surface area contributed by atoms with Gasteiger partial charge in [0.05, 0.1) is 13.2 Å². The minimum absolute atomic E-state index is 0.124. The van der Waals surface area contributed by atoms with Gasteiger partial charge in [-0.3, -0.25) is 4.79 Å². The van der Waals surface area contributed by atoms with Gasteiger partial charge in [-0.2, -0.15) is 0 Å². The van der Waals surface area contributed by atoms with E-state index in [9.17, 15) is 4.79 Å². The number of unbranched alkanes of at least 4 members (excludes halogenated alkanes) is 3. The van der Waals surface area contributed by atoms with Gasteiger partial charge < -0.3 is 24.8 Å². The molecule has 3 aromatic rings. The van der Waals surface area contributed by atoms with Crippen LogP contribution in [0.1, 0.15) is 32.6 Å². The molecular formula is C28H34N2O4. The second-order valence-corrected chi connectivity index (χ2v) is 7.87. The van der Waals surface area contributed by atoms with Gasteiger partial charge in [0, 0.05) is 11.4 Å². The van der Waals surface area contributed by atoms with E-state index in [4.69, 9.17) is 14.2 Å². The molecule has 0 radical (unpaired) electrons. The van der Waals surface area contributed by atoms with Gasteiger partial charge in [-0.15, -0.1) is 0 Å². The first-order valence-corrected chi connectivity index (χ1v) is 11.9. The van der Waals surface area contributed by atoms with Crippen molar-refractivity contribution in [2.45, 2.75) is 32.6 Å². The number of hydrogen-bond acceptors (Lipinski definition) is 5. The Morgan fingerprint density at radius 2 is 1.21 bits per heavy atom.